The lowest BCUT2D eigenvalue weighted by atomic mass is 9.97. The largest absolute Gasteiger partial charge is 0.380 e. The molecule has 0 aliphatic rings. The molecule has 0 aromatic rings. The van der Waals surface area contributed by atoms with E-state index in [1.54, 1.807) is 7.11 Å². The van der Waals surface area contributed by atoms with Crippen molar-refractivity contribution in [2.45, 2.75) is 46.3 Å². The number of rotatable bonds is 6. The molecule has 1 N–H and O–H groups in total. The lowest BCUT2D eigenvalue weighted by Crippen LogP contribution is -2.43. The maximum atomic E-state index is 5.45. The standard InChI is InChI=1S/C10H23NO/c1-6-9(11-7-2)10(12-5)8(3)4/h8-11H,6-7H2,1-5H3. The Morgan fingerprint density at radius 1 is 1.25 bits per heavy atom. The van der Waals surface area contributed by atoms with Gasteiger partial charge in [-0.1, -0.05) is 27.7 Å². The van der Waals surface area contributed by atoms with Crippen molar-refractivity contribution in [3.8, 4) is 0 Å². The number of likely N-dealkylation sites (N-methyl/N-ethyl adjacent to an activating group) is 1. The van der Waals surface area contributed by atoms with E-state index in [0.29, 0.717) is 18.1 Å². The van der Waals surface area contributed by atoms with Gasteiger partial charge in [-0.3, -0.25) is 0 Å². The van der Waals surface area contributed by atoms with E-state index in [4.69, 9.17) is 4.74 Å². The fourth-order valence-corrected chi connectivity index (χ4v) is 1.66. The molecule has 0 fully saturated rings. The molecular weight excluding hydrogens is 150 g/mol. The van der Waals surface area contributed by atoms with E-state index in [1.807, 2.05) is 0 Å². The highest BCUT2D eigenvalue weighted by Gasteiger charge is 2.21. The fourth-order valence-electron chi connectivity index (χ4n) is 1.66. The topological polar surface area (TPSA) is 21.3 Å². The van der Waals surface area contributed by atoms with Crippen molar-refractivity contribution in [1.82, 2.24) is 5.32 Å². The predicted molar refractivity (Wildman–Crippen MR) is 53.4 cm³/mol. The van der Waals surface area contributed by atoms with Gasteiger partial charge in [-0.15, -0.1) is 0 Å². The van der Waals surface area contributed by atoms with Gasteiger partial charge in [-0.25, -0.2) is 0 Å². The minimum absolute atomic E-state index is 0.343. The zero-order valence-corrected chi connectivity index (χ0v) is 9.05. The highest BCUT2D eigenvalue weighted by Crippen LogP contribution is 2.12. The Bertz CT molecular complexity index is 104. The second kappa shape index (κ2) is 6.44. The van der Waals surface area contributed by atoms with Crippen molar-refractivity contribution in [2.75, 3.05) is 13.7 Å². The minimum Gasteiger partial charge on any atom is -0.380 e. The Kier molecular flexibility index (Phi) is 6.39. The summed E-state index contributed by atoms with van der Waals surface area (Å²) < 4.78 is 5.45. The lowest BCUT2D eigenvalue weighted by Gasteiger charge is -2.28. The lowest BCUT2D eigenvalue weighted by molar-refractivity contribution is 0.0325. The molecule has 74 valence electrons. The predicted octanol–water partition coefficient (Wildman–Crippen LogP) is 2.05. The quantitative estimate of drug-likeness (QED) is 0.663. The van der Waals surface area contributed by atoms with Crippen LogP contribution in [0.25, 0.3) is 0 Å². The molecule has 0 heterocycles. The molecule has 0 radical (unpaired) electrons. The van der Waals surface area contributed by atoms with Crippen LogP contribution in [-0.2, 0) is 4.74 Å². The highest BCUT2D eigenvalue weighted by molar-refractivity contribution is 4.77. The Labute approximate surface area is 76.7 Å². The molecule has 0 saturated heterocycles. The smallest absolute Gasteiger partial charge is 0.0746 e. The molecule has 0 aromatic carbocycles. The first-order chi connectivity index (χ1) is 5.67. The van der Waals surface area contributed by atoms with E-state index in [9.17, 15) is 0 Å². The van der Waals surface area contributed by atoms with Gasteiger partial charge in [0, 0.05) is 13.2 Å². The Balaban J connectivity index is 4.02. The molecule has 0 bridgehead atoms. The first-order valence-corrected chi connectivity index (χ1v) is 4.93. The molecule has 0 aliphatic carbocycles. The van der Waals surface area contributed by atoms with Gasteiger partial charge in [-0.2, -0.15) is 0 Å². The van der Waals surface area contributed by atoms with Gasteiger partial charge in [0.1, 0.15) is 0 Å². The summed E-state index contributed by atoms with van der Waals surface area (Å²) in [4.78, 5) is 0. The summed E-state index contributed by atoms with van der Waals surface area (Å²) in [5.74, 6) is 0.582. The molecule has 2 unspecified atom stereocenters. The van der Waals surface area contributed by atoms with Crippen LogP contribution < -0.4 is 5.32 Å². The molecule has 2 atom stereocenters. The molecule has 2 nitrogen and oxygen atoms in total. The van der Waals surface area contributed by atoms with Crippen LogP contribution in [0, 0.1) is 5.92 Å². The number of ether oxygens (including phenoxy) is 1. The summed E-state index contributed by atoms with van der Waals surface area (Å²) in [7, 11) is 1.80. The third-order valence-corrected chi connectivity index (χ3v) is 2.23. The van der Waals surface area contributed by atoms with Crippen LogP contribution >= 0.6 is 0 Å². The van der Waals surface area contributed by atoms with Crippen LogP contribution in [0.2, 0.25) is 0 Å². The van der Waals surface area contributed by atoms with Gasteiger partial charge in [0.15, 0.2) is 0 Å². The highest BCUT2D eigenvalue weighted by atomic mass is 16.5. The van der Waals surface area contributed by atoms with Crippen molar-refractivity contribution < 1.29 is 4.74 Å². The summed E-state index contributed by atoms with van der Waals surface area (Å²) >= 11 is 0. The number of hydrogen-bond donors (Lipinski definition) is 1. The third kappa shape index (κ3) is 3.55. The molecule has 0 saturated carbocycles. The van der Waals surface area contributed by atoms with Crippen molar-refractivity contribution in [2.24, 2.45) is 5.92 Å². The first-order valence-electron chi connectivity index (χ1n) is 4.93. The summed E-state index contributed by atoms with van der Waals surface area (Å²) in [6.07, 6.45) is 1.47. The average molecular weight is 173 g/mol. The molecule has 0 amide bonds. The first kappa shape index (κ1) is 11.9. The van der Waals surface area contributed by atoms with Crippen LogP contribution in [0.1, 0.15) is 34.1 Å². The normalized spacial score (nSPS) is 16.5. The molecule has 0 rings (SSSR count). The molecular formula is C10H23NO. The Hall–Kier alpha value is -0.0800. The molecule has 0 spiro atoms. The zero-order chi connectivity index (χ0) is 9.56. The number of methoxy groups -OCH3 is 1. The van der Waals surface area contributed by atoms with E-state index >= 15 is 0 Å². The van der Waals surface area contributed by atoms with Crippen LogP contribution in [0.3, 0.4) is 0 Å². The monoisotopic (exact) mass is 173 g/mol. The molecule has 2 heteroatoms. The van der Waals surface area contributed by atoms with Gasteiger partial charge < -0.3 is 10.1 Å². The fraction of sp³-hybridized carbons (Fsp3) is 1.00. The maximum absolute atomic E-state index is 5.45. The zero-order valence-electron chi connectivity index (χ0n) is 9.05. The van der Waals surface area contributed by atoms with Crippen LogP contribution in [-0.4, -0.2) is 25.8 Å². The molecule has 12 heavy (non-hydrogen) atoms. The number of hydrogen-bond acceptors (Lipinski definition) is 2. The summed E-state index contributed by atoms with van der Waals surface area (Å²) in [5, 5.41) is 3.44. The maximum Gasteiger partial charge on any atom is 0.0746 e. The Morgan fingerprint density at radius 3 is 2.08 bits per heavy atom. The molecule has 0 aromatic heterocycles. The third-order valence-electron chi connectivity index (χ3n) is 2.23. The van der Waals surface area contributed by atoms with E-state index in [1.165, 1.54) is 0 Å². The Morgan fingerprint density at radius 2 is 1.83 bits per heavy atom. The van der Waals surface area contributed by atoms with Gasteiger partial charge in [0.25, 0.3) is 0 Å². The summed E-state index contributed by atoms with van der Waals surface area (Å²) in [6.45, 7) is 9.75. The second-order valence-electron chi connectivity index (χ2n) is 3.52. The average Bonchev–Trinajstić information content (AvgIpc) is 2.03. The van der Waals surface area contributed by atoms with Gasteiger partial charge in [0.05, 0.1) is 6.10 Å². The van der Waals surface area contributed by atoms with E-state index in [2.05, 4.69) is 33.0 Å². The van der Waals surface area contributed by atoms with E-state index < -0.39 is 0 Å². The van der Waals surface area contributed by atoms with Gasteiger partial charge in [-0.05, 0) is 18.9 Å². The van der Waals surface area contributed by atoms with Gasteiger partial charge in [0.2, 0.25) is 0 Å². The van der Waals surface area contributed by atoms with Crippen molar-refractivity contribution >= 4 is 0 Å². The van der Waals surface area contributed by atoms with E-state index in [-0.39, 0.29) is 0 Å². The minimum atomic E-state index is 0.343. The number of nitrogens with one attached hydrogen (secondary N) is 1. The van der Waals surface area contributed by atoms with Crippen molar-refractivity contribution in [1.29, 1.82) is 0 Å². The SMILES string of the molecule is CCNC(CC)C(OC)C(C)C. The second-order valence-corrected chi connectivity index (χ2v) is 3.52. The van der Waals surface area contributed by atoms with Crippen LogP contribution in [0.15, 0.2) is 0 Å². The van der Waals surface area contributed by atoms with Crippen molar-refractivity contribution in [3.05, 3.63) is 0 Å². The molecule has 0 aliphatic heterocycles. The van der Waals surface area contributed by atoms with Gasteiger partial charge >= 0.3 is 0 Å². The summed E-state index contributed by atoms with van der Waals surface area (Å²) in [6, 6.07) is 0.500. The van der Waals surface area contributed by atoms with Crippen molar-refractivity contribution in [3.63, 3.8) is 0 Å². The van der Waals surface area contributed by atoms with Crippen LogP contribution in [0.4, 0.5) is 0 Å². The summed E-state index contributed by atoms with van der Waals surface area (Å²) in [5.41, 5.74) is 0. The van der Waals surface area contributed by atoms with Crippen LogP contribution in [0.5, 0.6) is 0 Å². The van der Waals surface area contributed by atoms with E-state index in [0.717, 1.165) is 13.0 Å².